The van der Waals surface area contributed by atoms with Gasteiger partial charge in [0, 0.05) is 11.8 Å². The molecule has 4 rings (SSSR count). The number of rotatable bonds is 9. The van der Waals surface area contributed by atoms with Gasteiger partial charge in [-0.25, -0.2) is 13.2 Å². The zero-order valence-corrected chi connectivity index (χ0v) is 23.4. The van der Waals surface area contributed by atoms with E-state index in [1.165, 1.54) is 42.8 Å². The van der Waals surface area contributed by atoms with Crippen LogP contribution in [0.2, 0.25) is 0 Å². The maximum atomic E-state index is 13.5. The molecule has 2 aliphatic heterocycles. The summed E-state index contributed by atoms with van der Waals surface area (Å²) >= 11 is 1.29. The minimum absolute atomic E-state index is 0.0224. The Morgan fingerprint density at radius 2 is 1.59 bits per heavy atom. The standard InChI is InChI=1S/C26H30N4O7S2/c1-15(29(4)39(36,37)17-13-9-6-10-14-17)21(31)27-18(16-11-7-5-8-12-16)22(32)28-19-23(33)30-20(25(34)35)26(2,3)38-24(19)30/h5-15,18-20,24H,1-4H3,(H,27,31)(H,28,32)(H,34,35)/t15-,18?,19+,20-,24+/m0/s1. The van der Waals surface area contributed by atoms with Crippen molar-refractivity contribution >= 4 is 45.5 Å². The molecule has 0 spiro atoms. The Bertz CT molecular complexity index is 1390. The van der Waals surface area contributed by atoms with Gasteiger partial charge in [0.05, 0.1) is 4.90 Å². The summed E-state index contributed by atoms with van der Waals surface area (Å²) in [5.74, 6) is -3.03. The summed E-state index contributed by atoms with van der Waals surface area (Å²) in [6.45, 7) is 4.87. The number of carboxylic acids is 1. The Hall–Kier alpha value is -3.42. The Morgan fingerprint density at radius 1 is 1.03 bits per heavy atom. The summed E-state index contributed by atoms with van der Waals surface area (Å²) in [6, 6.07) is 11.6. The molecule has 2 aromatic rings. The summed E-state index contributed by atoms with van der Waals surface area (Å²) in [4.78, 5) is 52.6. The number of aliphatic carboxylic acids is 1. The zero-order valence-electron chi connectivity index (χ0n) is 21.8. The Kier molecular flexibility index (Phi) is 7.79. The molecular formula is C26H30N4O7S2. The lowest BCUT2D eigenvalue weighted by Crippen LogP contribution is -2.71. The van der Waals surface area contributed by atoms with E-state index in [0.717, 1.165) is 4.31 Å². The molecule has 208 valence electrons. The van der Waals surface area contributed by atoms with Crippen LogP contribution in [-0.4, -0.2) is 81.7 Å². The first-order valence-electron chi connectivity index (χ1n) is 12.2. The van der Waals surface area contributed by atoms with Crippen molar-refractivity contribution in [3.05, 3.63) is 66.2 Å². The molecule has 2 heterocycles. The molecule has 3 N–H and O–H groups in total. The molecule has 2 fully saturated rings. The van der Waals surface area contributed by atoms with Gasteiger partial charge in [-0.15, -0.1) is 11.8 Å². The second-order valence-electron chi connectivity index (χ2n) is 9.95. The number of hydrogen-bond acceptors (Lipinski definition) is 7. The predicted octanol–water partition coefficient (Wildman–Crippen LogP) is 1.18. The van der Waals surface area contributed by atoms with Crippen molar-refractivity contribution in [2.45, 2.75) is 60.0 Å². The maximum absolute atomic E-state index is 13.5. The predicted molar refractivity (Wildman–Crippen MR) is 144 cm³/mol. The second-order valence-corrected chi connectivity index (χ2v) is 13.7. The quantitative estimate of drug-likeness (QED) is 0.378. The first-order chi connectivity index (χ1) is 18.3. The van der Waals surface area contributed by atoms with E-state index in [2.05, 4.69) is 10.6 Å². The molecule has 13 heteroatoms. The van der Waals surface area contributed by atoms with Crippen LogP contribution in [0.1, 0.15) is 32.4 Å². The molecular weight excluding hydrogens is 544 g/mol. The van der Waals surface area contributed by atoms with Crippen LogP contribution in [0.5, 0.6) is 0 Å². The lowest BCUT2D eigenvalue weighted by atomic mass is 9.95. The lowest BCUT2D eigenvalue weighted by molar-refractivity contribution is -0.161. The fourth-order valence-electron chi connectivity index (χ4n) is 4.72. The third-order valence-electron chi connectivity index (χ3n) is 7.00. The van der Waals surface area contributed by atoms with E-state index in [0.29, 0.717) is 5.56 Å². The smallest absolute Gasteiger partial charge is 0.327 e. The lowest BCUT2D eigenvalue weighted by Gasteiger charge is -2.44. The highest BCUT2D eigenvalue weighted by Gasteiger charge is 2.64. The molecule has 39 heavy (non-hydrogen) atoms. The summed E-state index contributed by atoms with van der Waals surface area (Å²) in [6.07, 6.45) is 0. The van der Waals surface area contributed by atoms with E-state index in [4.69, 9.17) is 0 Å². The van der Waals surface area contributed by atoms with Gasteiger partial charge in [0.1, 0.15) is 29.5 Å². The number of benzene rings is 2. The van der Waals surface area contributed by atoms with Crippen molar-refractivity contribution in [3.8, 4) is 0 Å². The number of β-lactam (4-membered cyclic amide) rings is 1. The van der Waals surface area contributed by atoms with Gasteiger partial charge >= 0.3 is 5.97 Å². The summed E-state index contributed by atoms with van der Waals surface area (Å²) < 4.78 is 26.2. The third-order valence-corrected chi connectivity index (χ3v) is 10.5. The van der Waals surface area contributed by atoms with E-state index >= 15 is 0 Å². The van der Waals surface area contributed by atoms with Crippen LogP contribution >= 0.6 is 11.8 Å². The van der Waals surface area contributed by atoms with Crippen molar-refractivity contribution in [3.63, 3.8) is 0 Å². The number of sulfonamides is 1. The number of nitrogens with one attached hydrogen (secondary N) is 2. The van der Waals surface area contributed by atoms with Crippen molar-refractivity contribution in [2.24, 2.45) is 0 Å². The molecule has 0 radical (unpaired) electrons. The average molecular weight is 575 g/mol. The average Bonchev–Trinajstić information content (AvgIpc) is 3.17. The molecule has 5 atom stereocenters. The molecule has 2 aromatic carbocycles. The van der Waals surface area contributed by atoms with Crippen LogP contribution in [0.15, 0.2) is 65.6 Å². The minimum Gasteiger partial charge on any atom is -0.480 e. The van der Waals surface area contributed by atoms with Gasteiger partial charge in [-0.3, -0.25) is 14.4 Å². The third kappa shape index (κ3) is 5.25. The van der Waals surface area contributed by atoms with Crippen LogP contribution in [0.4, 0.5) is 0 Å². The summed E-state index contributed by atoms with van der Waals surface area (Å²) in [7, 11) is -2.71. The summed E-state index contributed by atoms with van der Waals surface area (Å²) in [5.41, 5.74) is 0.426. The van der Waals surface area contributed by atoms with Crippen molar-refractivity contribution in [2.75, 3.05) is 7.05 Å². The second kappa shape index (κ2) is 10.6. The number of nitrogens with zero attached hydrogens (tertiary/aromatic N) is 2. The van der Waals surface area contributed by atoms with Gasteiger partial charge in [-0.05, 0) is 38.5 Å². The van der Waals surface area contributed by atoms with Gasteiger partial charge < -0.3 is 20.6 Å². The number of thioether (sulfide) groups is 1. The van der Waals surface area contributed by atoms with E-state index < -0.39 is 68.0 Å². The zero-order chi connectivity index (χ0) is 28.7. The molecule has 0 aliphatic carbocycles. The first-order valence-corrected chi connectivity index (χ1v) is 14.5. The number of fused-ring (bicyclic) bond motifs is 1. The van der Waals surface area contributed by atoms with Crippen LogP contribution in [0, 0.1) is 0 Å². The van der Waals surface area contributed by atoms with Gasteiger partial charge in [0.15, 0.2) is 0 Å². The topological polar surface area (TPSA) is 153 Å². The van der Waals surface area contributed by atoms with E-state index in [-0.39, 0.29) is 4.90 Å². The van der Waals surface area contributed by atoms with Crippen LogP contribution < -0.4 is 10.6 Å². The SMILES string of the molecule is C[C@@H](C(=O)NC(C(=O)N[C@@H]1C(=O)N2[C@@H]1SC(C)(C)[C@@H]2C(=O)O)c1ccccc1)N(C)S(=O)(=O)c1ccccc1. The van der Waals surface area contributed by atoms with Gasteiger partial charge in [0.2, 0.25) is 27.7 Å². The Balaban J connectivity index is 1.52. The van der Waals surface area contributed by atoms with E-state index in [1.54, 1.807) is 62.4 Å². The maximum Gasteiger partial charge on any atom is 0.327 e. The van der Waals surface area contributed by atoms with Gasteiger partial charge in [0.25, 0.3) is 0 Å². The minimum atomic E-state index is -3.99. The number of hydrogen-bond donors (Lipinski definition) is 3. The molecule has 2 saturated heterocycles. The van der Waals surface area contributed by atoms with Gasteiger partial charge in [-0.2, -0.15) is 4.31 Å². The van der Waals surface area contributed by atoms with Crippen LogP contribution in [0.25, 0.3) is 0 Å². The Labute approximate surface area is 231 Å². The number of carboxylic acid groups (broad SMARTS) is 1. The van der Waals surface area contributed by atoms with Crippen molar-refractivity contribution < 1.29 is 32.7 Å². The molecule has 0 aromatic heterocycles. The molecule has 0 bridgehead atoms. The monoisotopic (exact) mass is 574 g/mol. The highest BCUT2D eigenvalue weighted by atomic mass is 32.2. The highest BCUT2D eigenvalue weighted by molar-refractivity contribution is 8.01. The van der Waals surface area contributed by atoms with E-state index in [1.807, 2.05) is 0 Å². The molecule has 1 unspecified atom stereocenters. The normalized spacial score (nSPS) is 23.4. The number of amides is 3. The highest BCUT2D eigenvalue weighted by Crippen LogP contribution is 2.50. The molecule has 3 amide bonds. The fraction of sp³-hybridized carbons (Fsp3) is 0.385. The number of likely N-dealkylation sites (N-methyl/N-ethyl adjacent to an activating group) is 1. The molecule has 11 nitrogen and oxygen atoms in total. The largest absolute Gasteiger partial charge is 0.480 e. The summed E-state index contributed by atoms with van der Waals surface area (Å²) in [5, 5.41) is 14.4. The fourth-order valence-corrected chi connectivity index (χ4v) is 7.69. The van der Waals surface area contributed by atoms with Crippen molar-refractivity contribution in [1.82, 2.24) is 19.8 Å². The molecule has 0 saturated carbocycles. The first kappa shape index (κ1) is 28.6. The van der Waals surface area contributed by atoms with Crippen LogP contribution in [0.3, 0.4) is 0 Å². The van der Waals surface area contributed by atoms with Crippen molar-refractivity contribution in [1.29, 1.82) is 0 Å². The number of carbonyl (C=O) groups is 4. The Morgan fingerprint density at radius 3 is 2.15 bits per heavy atom. The van der Waals surface area contributed by atoms with Gasteiger partial charge in [-0.1, -0.05) is 48.5 Å². The van der Waals surface area contributed by atoms with E-state index in [9.17, 15) is 32.7 Å². The molecule has 2 aliphatic rings. The number of carbonyl (C=O) groups excluding carboxylic acids is 3. The van der Waals surface area contributed by atoms with Crippen LogP contribution in [-0.2, 0) is 29.2 Å².